The number of likely N-dealkylation sites (tertiary alicyclic amines) is 1. The summed E-state index contributed by atoms with van der Waals surface area (Å²) in [5.74, 6) is -3.46. The van der Waals surface area contributed by atoms with Gasteiger partial charge in [-0.2, -0.15) is 0 Å². The van der Waals surface area contributed by atoms with Gasteiger partial charge >= 0.3 is 5.97 Å². The van der Waals surface area contributed by atoms with Gasteiger partial charge in [0.25, 0.3) is 0 Å². The van der Waals surface area contributed by atoms with Crippen molar-refractivity contribution in [2.75, 3.05) is 33.4 Å². The first-order chi connectivity index (χ1) is 23.9. The predicted molar refractivity (Wildman–Crippen MR) is 179 cm³/mol. The molecule has 4 aliphatic rings. The maximum Gasteiger partial charge on any atom is 0.313 e. The first-order valence-corrected chi connectivity index (χ1v) is 17.2. The van der Waals surface area contributed by atoms with Crippen LogP contribution in [-0.4, -0.2) is 95.8 Å². The molecule has 7 atom stereocenters. The number of unbranched alkanes of at least 4 members (excludes halogenated alkanes) is 2. The summed E-state index contributed by atoms with van der Waals surface area (Å²) in [5.41, 5.74) is 0.236. The largest absolute Gasteiger partial charge is 0.455 e. The van der Waals surface area contributed by atoms with Crippen LogP contribution in [0.5, 0.6) is 0 Å². The van der Waals surface area contributed by atoms with E-state index in [-0.39, 0.29) is 50.4 Å². The number of nitrogens with zero attached hydrogens (tertiary/aromatic N) is 2. The van der Waals surface area contributed by atoms with E-state index in [1.54, 1.807) is 22.0 Å². The van der Waals surface area contributed by atoms with Gasteiger partial charge in [-0.15, -0.1) is 0 Å². The van der Waals surface area contributed by atoms with Crippen molar-refractivity contribution in [3.8, 4) is 0 Å². The molecular weight excluding hydrogens is 626 g/mol. The van der Waals surface area contributed by atoms with Gasteiger partial charge in [-0.3, -0.25) is 19.2 Å². The van der Waals surface area contributed by atoms with E-state index >= 15 is 0 Å². The number of methoxy groups -OCH3 is 1. The lowest BCUT2D eigenvalue weighted by atomic mass is 9.74. The van der Waals surface area contributed by atoms with Gasteiger partial charge in [0, 0.05) is 39.8 Å². The van der Waals surface area contributed by atoms with Crippen molar-refractivity contribution in [1.82, 2.24) is 15.1 Å². The molecule has 0 aliphatic carbocycles. The lowest BCUT2D eigenvalue weighted by Crippen LogP contribution is -2.55. The molecule has 6 rings (SSSR count). The minimum absolute atomic E-state index is 0.0363. The fourth-order valence-corrected chi connectivity index (χ4v) is 7.66. The molecule has 0 aromatic heterocycles. The van der Waals surface area contributed by atoms with Crippen molar-refractivity contribution >= 4 is 23.7 Å². The fraction of sp³-hybridized carbons (Fsp3) is 0.474. The Labute approximate surface area is 286 Å². The Bertz CT molecular complexity index is 1550. The number of allylic oxidation sites excluding steroid dienone is 1. The van der Waals surface area contributed by atoms with Crippen LogP contribution in [0.25, 0.3) is 0 Å². The molecule has 2 N–H and O–H groups in total. The van der Waals surface area contributed by atoms with Gasteiger partial charge in [-0.25, -0.2) is 0 Å². The van der Waals surface area contributed by atoms with Crippen molar-refractivity contribution in [1.29, 1.82) is 0 Å². The quantitative estimate of drug-likeness (QED) is 0.224. The first kappa shape index (κ1) is 34.5. The van der Waals surface area contributed by atoms with Crippen LogP contribution in [0.1, 0.15) is 49.3 Å². The van der Waals surface area contributed by atoms with Crippen LogP contribution in [0.2, 0.25) is 0 Å². The third kappa shape index (κ3) is 7.06. The number of benzene rings is 2. The predicted octanol–water partition coefficient (Wildman–Crippen LogP) is 3.09. The Morgan fingerprint density at radius 1 is 0.959 bits per heavy atom. The molecule has 1 spiro atoms. The van der Waals surface area contributed by atoms with Gasteiger partial charge in [0.15, 0.2) is 0 Å². The van der Waals surface area contributed by atoms with E-state index in [1.807, 2.05) is 72.8 Å². The summed E-state index contributed by atoms with van der Waals surface area (Å²) >= 11 is 0. The average molecular weight is 672 g/mol. The van der Waals surface area contributed by atoms with E-state index in [9.17, 15) is 24.3 Å². The summed E-state index contributed by atoms with van der Waals surface area (Å²) < 4.78 is 18.3. The third-order valence-corrected chi connectivity index (χ3v) is 9.92. The highest BCUT2D eigenvalue weighted by atomic mass is 16.6. The SMILES string of the molecule is COC[C@@H]1NC(=O)CC/C=C\CN(Cc2ccccc2)C(=O)[C@H]2N(CCCCCO)C(=O)[C@@H]3[C@@H](C(=O)O[C@H]1c1ccccc1)[C@H]1C=C[C@]32O1. The number of rotatable bonds is 10. The van der Waals surface area contributed by atoms with Crippen LogP contribution >= 0.6 is 0 Å². The molecule has 4 heterocycles. The first-order valence-electron chi connectivity index (χ1n) is 17.2. The van der Waals surface area contributed by atoms with Crippen LogP contribution in [0.15, 0.2) is 85.0 Å². The van der Waals surface area contributed by atoms with Crippen molar-refractivity contribution in [3.05, 3.63) is 96.1 Å². The number of hydrogen-bond acceptors (Lipinski definition) is 8. The minimum atomic E-state index is -1.35. The average Bonchev–Trinajstić information content (AvgIpc) is 3.75. The molecule has 4 aliphatic heterocycles. The van der Waals surface area contributed by atoms with Crippen LogP contribution in [-0.2, 0) is 39.9 Å². The second-order valence-electron chi connectivity index (χ2n) is 13.1. The van der Waals surface area contributed by atoms with Gasteiger partial charge < -0.3 is 34.4 Å². The fourth-order valence-electron chi connectivity index (χ4n) is 7.66. The summed E-state index contributed by atoms with van der Waals surface area (Å²) in [5, 5.41) is 12.4. The molecule has 260 valence electrons. The molecule has 2 saturated heterocycles. The molecule has 11 nitrogen and oxygen atoms in total. The van der Waals surface area contributed by atoms with Gasteiger partial charge in [0.2, 0.25) is 17.7 Å². The molecule has 0 saturated carbocycles. The van der Waals surface area contributed by atoms with E-state index in [1.165, 1.54) is 7.11 Å². The highest BCUT2D eigenvalue weighted by Gasteiger charge is 2.73. The Hall–Kier alpha value is -4.32. The number of ether oxygens (including phenoxy) is 3. The van der Waals surface area contributed by atoms with Gasteiger partial charge in [0.1, 0.15) is 23.7 Å². The van der Waals surface area contributed by atoms with Crippen LogP contribution in [0, 0.1) is 11.8 Å². The molecule has 2 aromatic carbocycles. The van der Waals surface area contributed by atoms with Gasteiger partial charge in [-0.1, -0.05) is 85.0 Å². The molecule has 5 bridgehead atoms. The Balaban J connectivity index is 1.41. The summed E-state index contributed by atoms with van der Waals surface area (Å²) in [6.45, 7) is 0.942. The highest BCUT2D eigenvalue weighted by molar-refractivity contribution is 5.99. The zero-order chi connectivity index (χ0) is 34.4. The number of carbonyl (C=O) groups is 4. The zero-order valence-electron chi connectivity index (χ0n) is 27.8. The van der Waals surface area contributed by atoms with Gasteiger partial charge in [0.05, 0.1) is 24.7 Å². The number of hydrogen-bond donors (Lipinski definition) is 2. The number of aliphatic hydroxyl groups is 1. The van der Waals surface area contributed by atoms with Crippen LogP contribution < -0.4 is 5.32 Å². The number of esters is 1. The molecule has 3 amide bonds. The summed E-state index contributed by atoms with van der Waals surface area (Å²) in [6.07, 6.45) is 8.09. The number of nitrogens with one attached hydrogen (secondary N) is 1. The second-order valence-corrected chi connectivity index (χ2v) is 13.1. The van der Waals surface area contributed by atoms with E-state index < -0.39 is 47.7 Å². The number of aliphatic hydroxyl groups excluding tert-OH is 1. The smallest absolute Gasteiger partial charge is 0.313 e. The van der Waals surface area contributed by atoms with E-state index in [2.05, 4.69) is 5.32 Å². The van der Waals surface area contributed by atoms with Crippen molar-refractivity contribution in [2.45, 2.75) is 68.5 Å². The Morgan fingerprint density at radius 3 is 2.45 bits per heavy atom. The van der Waals surface area contributed by atoms with Crippen molar-refractivity contribution in [3.63, 3.8) is 0 Å². The molecule has 0 unspecified atom stereocenters. The minimum Gasteiger partial charge on any atom is -0.455 e. The number of carbonyl (C=O) groups excluding carboxylic acids is 4. The number of fused-ring (bicyclic) bond motifs is 2. The summed E-state index contributed by atoms with van der Waals surface area (Å²) in [4.78, 5) is 60.1. The van der Waals surface area contributed by atoms with Crippen molar-refractivity contribution < 1.29 is 38.5 Å². The second kappa shape index (κ2) is 15.5. The van der Waals surface area contributed by atoms with Crippen LogP contribution in [0.3, 0.4) is 0 Å². The Morgan fingerprint density at radius 2 is 1.71 bits per heavy atom. The van der Waals surface area contributed by atoms with Crippen molar-refractivity contribution in [2.24, 2.45) is 11.8 Å². The molecular formula is C38H45N3O8. The lowest BCUT2D eigenvalue weighted by Gasteiger charge is -2.36. The standard InChI is InChI=1S/C38H45N3O8/c1-47-25-28-33(27-16-8-3-9-17-27)48-37(46)31-29-19-20-38(49-29)32(31)35(44)41(22-12-5-13-23-42)34(38)36(45)40(24-26-14-6-2-7-15-26)21-11-4-10-18-30(43)39-28/h2-4,6-9,11,14-17,19-20,28-29,31-34,42H,5,10,12-13,18,21-25H2,1H3,(H,39,43)/b11-4-/t28-,29+,31-,32-,33-,34+,38-/m0/s1. The maximum atomic E-state index is 14.8. The number of amides is 3. The molecule has 49 heavy (non-hydrogen) atoms. The monoisotopic (exact) mass is 671 g/mol. The normalized spacial score (nSPS) is 30.7. The van der Waals surface area contributed by atoms with E-state index in [0.29, 0.717) is 37.8 Å². The maximum absolute atomic E-state index is 14.8. The molecule has 2 aromatic rings. The molecule has 11 heteroatoms. The molecule has 0 radical (unpaired) electrons. The van der Waals surface area contributed by atoms with Crippen LogP contribution in [0.4, 0.5) is 0 Å². The third-order valence-electron chi connectivity index (χ3n) is 9.92. The van der Waals surface area contributed by atoms with E-state index in [4.69, 9.17) is 14.2 Å². The molecule has 2 fully saturated rings. The highest BCUT2D eigenvalue weighted by Crippen LogP contribution is 2.56. The zero-order valence-corrected chi connectivity index (χ0v) is 27.8. The summed E-state index contributed by atoms with van der Waals surface area (Å²) in [7, 11) is 1.52. The summed E-state index contributed by atoms with van der Waals surface area (Å²) in [6, 6.07) is 17.1. The lowest BCUT2D eigenvalue weighted by molar-refractivity contribution is -0.162. The van der Waals surface area contributed by atoms with E-state index in [0.717, 1.165) is 5.56 Å². The van der Waals surface area contributed by atoms with Gasteiger partial charge in [-0.05, 0) is 36.8 Å². The topological polar surface area (TPSA) is 135 Å². The number of cyclic esters (lactones) is 1. The Kier molecular flexibility index (Phi) is 10.9.